The third-order valence-corrected chi connectivity index (χ3v) is 7.30. The zero-order valence-corrected chi connectivity index (χ0v) is 9.78. The summed E-state index contributed by atoms with van der Waals surface area (Å²) in [5.74, 6) is -0.406. The van der Waals surface area contributed by atoms with Crippen LogP contribution in [-0.4, -0.2) is 29.4 Å². The van der Waals surface area contributed by atoms with E-state index in [1.165, 1.54) is 0 Å². The van der Waals surface area contributed by atoms with Crippen LogP contribution in [-0.2, 0) is 0 Å². The van der Waals surface area contributed by atoms with E-state index in [4.69, 9.17) is 0 Å². The van der Waals surface area contributed by atoms with Crippen LogP contribution in [0.1, 0.15) is 0 Å². The Morgan fingerprint density at radius 1 is 0.929 bits per heavy atom. The molecule has 0 heterocycles. The van der Waals surface area contributed by atoms with Crippen LogP contribution in [0.3, 0.4) is 0 Å². The average Bonchev–Trinajstić information content (AvgIpc) is 2.17. The predicted octanol–water partition coefficient (Wildman–Crippen LogP) is 2.80. The van der Waals surface area contributed by atoms with Gasteiger partial charge in [-0.15, -0.1) is 0 Å². The van der Waals surface area contributed by atoms with Gasteiger partial charge in [0.25, 0.3) is 0 Å². The molecule has 0 aliphatic rings. The van der Waals surface area contributed by atoms with Gasteiger partial charge in [0.1, 0.15) is 0 Å². The van der Waals surface area contributed by atoms with E-state index in [2.05, 4.69) is 26.3 Å². The average molecular weight is 212 g/mol. The summed E-state index contributed by atoms with van der Waals surface area (Å²) in [6.07, 6.45) is 9.89. The Balaban J connectivity index is 4.87. The summed E-state index contributed by atoms with van der Waals surface area (Å²) in [4.78, 5) is 0. The van der Waals surface area contributed by atoms with E-state index in [-0.39, 0.29) is 0 Å². The second kappa shape index (κ2) is 6.75. The van der Waals surface area contributed by atoms with E-state index in [1.807, 2.05) is 18.2 Å². The van der Waals surface area contributed by atoms with E-state index in [1.54, 1.807) is 6.08 Å². The number of aliphatic hydroxyl groups is 1. The van der Waals surface area contributed by atoms with Crippen molar-refractivity contribution in [2.45, 2.75) is 5.85 Å². The summed E-state index contributed by atoms with van der Waals surface area (Å²) in [5.41, 5.74) is 0. The van der Waals surface area contributed by atoms with Gasteiger partial charge in [-0.25, -0.2) is 0 Å². The molecule has 0 bridgehead atoms. The first-order valence-corrected chi connectivity index (χ1v) is 7.50. The van der Waals surface area contributed by atoms with Crippen molar-refractivity contribution in [3.63, 3.8) is 0 Å². The van der Waals surface area contributed by atoms with Crippen molar-refractivity contribution < 1.29 is 5.11 Å². The molecule has 1 unspecified atom stereocenters. The maximum absolute atomic E-state index is 9.96. The first kappa shape index (κ1) is 13.4. The fourth-order valence-corrected chi connectivity index (χ4v) is 5.17. The van der Waals surface area contributed by atoms with Crippen LogP contribution in [0, 0.1) is 0 Å². The van der Waals surface area contributed by atoms with Gasteiger partial charge in [0.15, 0.2) is 0 Å². The molecule has 0 spiro atoms. The molecule has 0 aromatic rings. The third kappa shape index (κ3) is 3.25. The topological polar surface area (TPSA) is 20.2 Å². The Kier molecular flexibility index (Phi) is 6.44. The van der Waals surface area contributed by atoms with Crippen molar-refractivity contribution in [2.75, 3.05) is 18.5 Å². The van der Waals surface area contributed by atoms with Crippen LogP contribution >= 0.6 is 7.26 Å². The zero-order valence-electron chi connectivity index (χ0n) is 8.78. The van der Waals surface area contributed by atoms with Crippen molar-refractivity contribution >= 4 is 7.26 Å². The van der Waals surface area contributed by atoms with Gasteiger partial charge in [-0.3, -0.25) is 0 Å². The molecule has 0 aromatic carbocycles. The first-order valence-electron chi connectivity index (χ1n) is 4.80. The molecule has 1 nitrogen and oxygen atoms in total. The quantitative estimate of drug-likeness (QED) is 0.484. The maximum atomic E-state index is 9.96. The van der Waals surface area contributed by atoms with Gasteiger partial charge in [-0.1, -0.05) is 0 Å². The molecule has 0 aliphatic carbocycles. The standard InChI is InChI=1S/C12H21OP/c1-5-9-14(10-6-2,11-7-3)12(13)8-4/h5-8,12-14H,1-4,9-11H2. The molecule has 0 saturated carbocycles. The molecular formula is C12H21OP. The van der Waals surface area contributed by atoms with Crippen LogP contribution in [0.25, 0.3) is 0 Å². The minimum absolute atomic E-state index is 0.406. The Bertz CT molecular complexity index is 194. The van der Waals surface area contributed by atoms with Crippen LogP contribution in [0.2, 0.25) is 0 Å². The number of aliphatic hydroxyl groups excluding tert-OH is 1. The molecule has 0 radical (unpaired) electrons. The monoisotopic (exact) mass is 212 g/mol. The minimum atomic E-state index is -1.82. The van der Waals surface area contributed by atoms with Gasteiger partial charge in [0.05, 0.1) is 0 Å². The molecule has 0 rings (SSSR count). The second-order valence-corrected chi connectivity index (χ2v) is 8.06. The molecule has 2 heteroatoms. The van der Waals surface area contributed by atoms with Crippen molar-refractivity contribution in [1.82, 2.24) is 0 Å². The van der Waals surface area contributed by atoms with Crippen molar-refractivity contribution in [3.05, 3.63) is 50.6 Å². The van der Waals surface area contributed by atoms with Crippen molar-refractivity contribution in [1.29, 1.82) is 0 Å². The van der Waals surface area contributed by atoms with E-state index in [0.29, 0.717) is 0 Å². The number of rotatable bonds is 8. The fourth-order valence-electron chi connectivity index (χ4n) is 1.72. The number of allylic oxidation sites excluding steroid dienone is 3. The van der Waals surface area contributed by atoms with Crippen LogP contribution in [0.5, 0.6) is 0 Å². The molecule has 80 valence electrons. The van der Waals surface area contributed by atoms with Gasteiger partial charge >= 0.3 is 87.3 Å². The second-order valence-electron chi connectivity index (χ2n) is 3.52. The van der Waals surface area contributed by atoms with Crippen LogP contribution in [0.4, 0.5) is 0 Å². The first-order chi connectivity index (χ1) is 6.66. The molecular weight excluding hydrogens is 191 g/mol. The summed E-state index contributed by atoms with van der Waals surface area (Å²) in [7, 11) is -1.82. The van der Waals surface area contributed by atoms with Gasteiger partial charge in [-0.2, -0.15) is 0 Å². The molecule has 0 aliphatic heterocycles. The SMILES string of the molecule is C=CC[PH](CC=C)(CC=C)C(O)C=C. The Morgan fingerprint density at radius 2 is 1.29 bits per heavy atom. The molecule has 0 saturated heterocycles. The molecule has 0 aromatic heterocycles. The Labute approximate surface area is 87.9 Å². The fraction of sp³-hybridized carbons (Fsp3) is 0.333. The van der Waals surface area contributed by atoms with E-state index >= 15 is 0 Å². The Hall–Kier alpha value is -0.650. The number of hydrogen-bond acceptors (Lipinski definition) is 1. The van der Waals surface area contributed by atoms with Gasteiger partial charge in [-0.05, 0) is 0 Å². The van der Waals surface area contributed by atoms with Gasteiger partial charge in [0, 0.05) is 0 Å². The molecule has 14 heavy (non-hydrogen) atoms. The molecule has 0 fully saturated rings. The summed E-state index contributed by atoms with van der Waals surface area (Å²) in [6, 6.07) is 0. The Morgan fingerprint density at radius 3 is 1.50 bits per heavy atom. The van der Waals surface area contributed by atoms with E-state index < -0.39 is 13.1 Å². The normalized spacial score (nSPS) is 14.1. The number of hydrogen-bond donors (Lipinski definition) is 1. The predicted molar refractivity (Wildman–Crippen MR) is 69.7 cm³/mol. The third-order valence-electron chi connectivity index (χ3n) is 2.50. The molecule has 1 N–H and O–H groups in total. The summed E-state index contributed by atoms with van der Waals surface area (Å²) in [6.45, 7) is 14.9. The van der Waals surface area contributed by atoms with Crippen LogP contribution < -0.4 is 0 Å². The van der Waals surface area contributed by atoms with E-state index in [0.717, 1.165) is 18.5 Å². The van der Waals surface area contributed by atoms with Crippen molar-refractivity contribution in [2.24, 2.45) is 0 Å². The van der Waals surface area contributed by atoms with Crippen LogP contribution in [0.15, 0.2) is 50.6 Å². The summed E-state index contributed by atoms with van der Waals surface area (Å²) < 4.78 is 0. The van der Waals surface area contributed by atoms with Gasteiger partial charge in [0.2, 0.25) is 0 Å². The summed E-state index contributed by atoms with van der Waals surface area (Å²) >= 11 is 0. The van der Waals surface area contributed by atoms with Crippen molar-refractivity contribution in [3.8, 4) is 0 Å². The van der Waals surface area contributed by atoms with E-state index in [9.17, 15) is 5.11 Å². The molecule has 0 amide bonds. The zero-order chi connectivity index (χ0) is 11.0. The molecule has 1 atom stereocenters. The van der Waals surface area contributed by atoms with Gasteiger partial charge < -0.3 is 0 Å². The summed E-state index contributed by atoms with van der Waals surface area (Å²) in [5, 5.41) is 9.96.